The molecule has 0 bridgehead atoms. The minimum Gasteiger partial charge on any atom is -0.384 e. The first-order valence-electron chi connectivity index (χ1n) is 7.86. The van der Waals surface area contributed by atoms with E-state index >= 15 is 0 Å². The first kappa shape index (κ1) is 14.2. The molecule has 110 valence electrons. The maximum atomic E-state index is 3.47. The van der Waals surface area contributed by atoms with Gasteiger partial charge in [0.05, 0.1) is 0 Å². The molecule has 1 N–H and O–H groups in total. The summed E-state index contributed by atoms with van der Waals surface area (Å²) in [6.07, 6.45) is 1.16. The molecule has 0 atom stereocenters. The van der Waals surface area contributed by atoms with Gasteiger partial charge in [-0.05, 0) is 43.0 Å². The van der Waals surface area contributed by atoms with E-state index in [1.807, 2.05) is 0 Å². The van der Waals surface area contributed by atoms with Crippen molar-refractivity contribution in [2.24, 2.45) is 0 Å². The standard InChI is InChI=1S/C19H24N2/c1-15(2)21(13-16-6-4-3-5-7-16)14-17-8-9-18-10-11-20-19(18)12-17/h3-9,12,15,20H,10-11,13-14H2,1-2H3. The van der Waals surface area contributed by atoms with Gasteiger partial charge >= 0.3 is 0 Å². The highest BCUT2D eigenvalue weighted by atomic mass is 15.1. The number of nitrogens with zero attached hydrogens (tertiary/aromatic N) is 1. The Morgan fingerprint density at radius 2 is 1.76 bits per heavy atom. The molecular formula is C19H24N2. The SMILES string of the molecule is CC(C)N(Cc1ccccc1)Cc1ccc2c(c1)NCC2. The average Bonchev–Trinajstić information content (AvgIpc) is 2.95. The Labute approximate surface area is 127 Å². The van der Waals surface area contributed by atoms with Crippen LogP contribution in [0.25, 0.3) is 0 Å². The summed E-state index contributed by atoms with van der Waals surface area (Å²) in [6.45, 7) is 7.63. The molecule has 2 heteroatoms. The van der Waals surface area contributed by atoms with Gasteiger partial charge < -0.3 is 5.32 Å². The first-order chi connectivity index (χ1) is 10.2. The lowest BCUT2D eigenvalue weighted by Crippen LogP contribution is -2.29. The van der Waals surface area contributed by atoms with E-state index in [1.165, 1.54) is 22.4 Å². The summed E-state index contributed by atoms with van der Waals surface area (Å²) in [4.78, 5) is 2.52. The Morgan fingerprint density at radius 1 is 1.00 bits per heavy atom. The van der Waals surface area contributed by atoms with Crippen molar-refractivity contribution < 1.29 is 0 Å². The van der Waals surface area contributed by atoms with Gasteiger partial charge in [0.15, 0.2) is 0 Å². The molecule has 0 saturated carbocycles. The highest BCUT2D eigenvalue weighted by molar-refractivity contribution is 5.57. The van der Waals surface area contributed by atoms with Gasteiger partial charge in [0.2, 0.25) is 0 Å². The van der Waals surface area contributed by atoms with Crippen LogP contribution >= 0.6 is 0 Å². The molecule has 0 fully saturated rings. The van der Waals surface area contributed by atoms with Crippen LogP contribution in [0.1, 0.15) is 30.5 Å². The van der Waals surface area contributed by atoms with Crippen molar-refractivity contribution in [3.63, 3.8) is 0 Å². The van der Waals surface area contributed by atoms with E-state index < -0.39 is 0 Å². The van der Waals surface area contributed by atoms with Crippen molar-refractivity contribution >= 4 is 5.69 Å². The zero-order chi connectivity index (χ0) is 14.7. The average molecular weight is 280 g/mol. The van der Waals surface area contributed by atoms with Crippen LogP contribution in [-0.2, 0) is 19.5 Å². The molecule has 0 saturated heterocycles. The van der Waals surface area contributed by atoms with E-state index in [4.69, 9.17) is 0 Å². The third-order valence-corrected chi connectivity index (χ3v) is 4.23. The van der Waals surface area contributed by atoms with Crippen LogP contribution in [0.15, 0.2) is 48.5 Å². The van der Waals surface area contributed by atoms with Crippen molar-refractivity contribution in [1.29, 1.82) is 0 Å². The third-order valence-electron chi connectivity index (χ3n) is 4.23. The second kappa shape index (κ2) is 6.31. The molecule has 3 rings (SSSR count). The van der Waals surface area contributed by atoms with Crippen LogP contribution in [0.2, 0.25) is 0 Å². The molecule has 0 aromatic heterocycles. The lowest BCUT2D eigenvalue weighted by Gasteiger charge is -2.27. The quantitative estimate of drug-likeness (QED) is 0.888. The predicted octanol–water partition coefficient (Wildman–Crippen LogP) is 4.07. The van der Waals surface area contributed by atoms with Crippen molar-refractivity contribution in [3.05, 3.63) is 65.2 Å². The van der Waals surface area contributed by atoms with Crippen LogP contribution in [0.3, 0.4) is 0 Å². The smallest absolute Gasteiger partial charge is 0.0376 e. The van der Waals surface area contributed by atoms with Crippen molar-refractivity contribution in [1.82, 2.24) is 4.90 Å². The fourth-order valence-electron chi connectivity index (χ4n) is 2.91. The molecule has 1 aliphatic rings. The molecule has 2 aromatic rings. The third kappa shape index (κ3) is 3.45. The summed E-state index contributed by atoms with van der Waals surface area (Å²) in [6, 6.07) is 18.2. The molecule has 1 heterocycles. The lowest BCUT2D eigenvalue weighted by molar-refractivity contribution is 0.203. The van der Waals surface area contributed by atoms with Gasteiger partial charge in [-0.3, -0.25) is 4.90 Å². The van der Waals surface area contributed by atoms with E-state index in [1.54, 1.807) is 0 Å². The minimum atomic E-state index is 0.534. The zero-order valence-corrected chi connectivity index (χ0v) is 13.0. The summed E-state index contributed by atoms with van der Waals surface area (Å²) < 4.78 is 0. The molecule has 0 spiro atoms. The van der Waals surface area contributed by atoms with Gasteiger partial charge in [-0.25, -0.2) is 0 Å². The molecule has 2 aromatic carbocycles. The number of benzene rings is 2. The Hall–Kier alpha value is -1.80. The monoisotopic (exact) mass is 280 g/mol. The second-order valence-corrected chi connectivity index (χ2v) is 6.15. The molecule has 0 amide bonds. The molecule has 1 aliphatic heterocycles. The maximum absolute atomic E-state index is 3.47. The number of anilines is 1. The Balaban J connectivity index is 1.73. The van der Waals surface area contributed by atoms with Crippen LogP contribution in [0.5, 0.6) is 0 Å². The fourth-order valence-corrected chi connectivity index (χ4v) is 2.91. The number of fused-ring (bicyclic) bond motifs is 1. The van der Waals surface area contributed by atoms with Crippen LogP contribution in [0.4, 0.5) is 5.69 Å². The Kier molecular flexibility index (Phi) is 4.26. The van der Waals surface area contributed by atoms with Gasteiger partial charge in [0.1, 0.15) is 0 Å². The van der Waals surface area contributed by atoms with Crippen molar-refractivity contribution in [2.45, 2.75) is 39.4 Å². The van der Waals surface area contributed by atoms with Gasteiger partial charge in [-0.1, -0.05) is 42.5 Å². The first-order valence-corrected chi connectivity index (χ1v) is 7.86. The van der Waals surface area contributed by atoms with E-state index in [-0.39, 0.29) is 0 Å². The van der Waals surface area contributed by atoms with Crippen LogP contribution < -0.4 is 5.32 Å². The summed E-state index contributed by atoms with van der Waals surface area (Å²) in [5.41, 5.74) is 5.56. The van der Waals surface area contributed by atoms with Crippen molar-refractivity contribution in [2.75, 3.05) is 11.9 Å². The van der Waals surface area contributed by atoms with Crippen LogP contribution in [0, 0.1) is 0 Å². The molecule has 0 aliphatic carbocycles. The fraction of sp³-hybridized carbons (Fsp3) is 0.368. The number of hydrogen-bond donors (Lipinski definition) is 1. The second-order valence-electron chi connectivity index (χ2n) is 6.15. The molecule has 2 nitrogen and oxygen atoms in total. The van der Waals surface area contributed by atoms with Gasteiger partial charge in [-0.15, -0.1) is 0 Å². The highest BCUT2D eigenvalue weighted by Crippen LogP contribution is 2.24. The van der Waals surface area contributed by atoms with E-state index in [0.717, 1.165) is 26.1 Å². The number of rotatable bonds is 5. The minimum absolute atomic E-state index is 0.534. The summed E-state index contributed by atoms with van der Waals surface area (Å²) >= 11 is 0. The maximum Gasteiger partial charge on any atom is 0.0376 e. The number of hydrogen-bond acceptors (Lipinski definition) is 2. The summed E-state index contributed by atoms with van der Waals surface area (Å²) in [7, 11) is 0. The van der Waals surface area contributed by atoms with E-state index in [0.29, 0.717) is 6.04 Å². The summed E-state index contributed by atoms with van der Waals surface area (Å²) in [5, 5.41) is 3.47. The summed E-state index contributed by atoms with van der Waals surface area (Å²) in [5.74, 6) is 0. The van der Waals surface area contributed by atoms with Crippen LogP contribution in [-0.4, -0.2) is 17.5 Å². The van der Waals surface area contributed by atoms with E-state index in [2.05, 4.69) is 72.6 Å². The van der Waals surface area contributed by atoms with Crippen molar-refractivity contribution in [3.8, 4) is 0 Å². The zero-order valence-electron chi connectivity index (χ0n) is 13.0. The molecule has 21 heavy (non-hydrogen) atoms. The Morgan fingerprint density at radius 3 is 2.52 bits per heavy atom. The molecular weight excluding hydrogens is 256 g/mol. The predicted molar refractivity (Wildman–Crippen MR) is 89.5 cm³/mol. The normalized spacial score (nSPS) is 13.5. The van der Waals surface area contributed by atoms with Gasteiger partial charge in [0.25, 0.3) is 0 Å². The number of nitrogens with one attached hydrogen (secondary N) is 1. The van der Waals surface area contributed by atoms with Gasteiger partial charge in [0, 0.05) is 31.4 Å². The lowest BCUT2D eigenvalue weighted by atomic mass is 10.1. The molecule has 0 radical (unpaired) electrons. The van der Waals surface area contributed by atoms with Gasteiger partial charge in [-0.2, -0.15) is 0 Å². The largest absolute Gasteiger partial charge is 0.384 e. The Bertz CT molecular complexity index is 590. The topological polar surface area (TPSA) is 15.3 Å². The van der Waals surface area contributed by atoms with E-state index in [9.17, 15) is 0 Å². The highest BCUT2D eigenvalue weighted by Gasteiger charge is 2.14. The molecule has 0 unspecified atom stereocenters.